The fraction of sp³-hybridized carbons (Fsp3) is 0. The van der Waals surface area contributed by atoms with E-state index in [2.05, 4.69) is 120 Å². The van der Waals surface area contributed by atoms with Gasteiger partial charge in [0.15, 0.2) is 11.4 Å². The molecule has 0 amide bonds. The predicted molar refractivity (Wildman–Crippen MR) is 197 cm³/mol. The van der Waals surface area contributed by atoms with Gasteiger partial charge in [-0.15, -0.1) is 0 Å². The van der Waals surface area contributed by atoms with Crippen molar-refractivity contribution >= 4 is 54.5 Å². The van der Waals surface area contributed by atoms with E-state index >= 15 is 0 Å². The quantitative estimate of drug-likeness (QED) is 0.198. The zero-order valence-electron chi connectivity index (χ0n) is 25.8. The van der Waals surface area contributed by atoms with Gasteiger partial charge in [0.25, 0.3) is 0 Å². The van der Waals surface area contributed by atoms with Gasteiger partial charge in [0.2, 0.25) is 0 Å². The number of fused-ring (bicyclic) bond motifs is 8. The van der Waals surface area contributed by atoms with Crippen LogP contribution >= 0.6 is 0 Å². The van der Waals surface area contributed by atoms with Crippen LogP contribution in [0.2, 0.25) is 0 Å². The van der Waals surface area contributed by atoms with Crippen LogP contribution in [0.25, 0.3) is 94.1 Å². The maximum Gasteiger partial charge on any atom is 0.160 e. The third-order valence-electron chi connectivity index (χ3n) is 9.39. The number of rotatable bonds is 4. The van der Waals surface area contributed by atoms with Crippen molar-refractivity contribution in [2.45, 2.75) is 0 Å². The average Bonchev–Trinajstić information content (AvgIpc) is 3.70. The van der Waals surface area contributed by atoms with Gasteiger partial charge in [-0.2, -0.15) is 0 Å². The number of aromatic nitrogens is 3. The monoisotopic (exact) mass is 613 g/mol. The molecule has 0 bridgehead atoms. The highest BCUT2D eigenvalue weighted by Crippen LogP contribution is 2.41. The van der Waals surface area contributed by atoms with E-state index in [9.17, 15) is 0 Å². The first-order chi connectivity index (χ1) is 23.8. The van der Waals surface area contributed by atoms with Crippen molar-refractivity contribution in [1.29, 1.82) is 0 Å². The SMILES string of the molecule is c1ccc(-c2cc(-c3ccccc3)nc(-c3ccc(-n4c5cc6ccccc6cc5c5ccc6c7ccccc7oc6c54)cc3)n2)cc1. The van der Waals surface area contributed by atoms with Crippen molar-refractivity contribution in [3.8, 4) is 39.6 Å². The summed E-state index contributed by atoms with van der Waals surface area (Å²) in [5.41, 5.74) is 9.89. The van der Waals surface area contributed by atoms with Gasteiger partial charge >= 0.3 is 0 Å². The van der Waals surface area contributed by atoms with Crippen molar-refractivity contribution in [2.75, 3.05) is 0 Å². The molecule has 0 aliphatic rings. The van der Waals surface area contributed by atoms with Gasteiger partial charge in [0.05, 0.1) is 22.4 Å². The molecule has 10 rings (SSSR count). The summed E-state index contributed by atoms with van der Waals surface area (Å²) in [7, 11) is 0. The molecule has 7 aromatic carbocycles. The second kappa shape index (κ2) is 10.5. The van der Waals surface area contributed by atoms with Gasteiger partial charge in [-0.3, -0.25) is 0 Å². The lowest BCUT2D eigenvalue weighted by atomic mass is 10.1. The van der Waals surface area contributed by atoms with Crippen LogP contribution in [-0.4, -0.2) is 14.5 Å². The Bertz CT molecular complexity index is 2750. The zero-order chi connectivity index (χ0) is 31.6. The summed E-state index contributed by atoms with van der Waals surface area (Å²) >= 11 is 0. The highest BCUT2D eigenvalue weighted by molar-refractivity contribution is 6.23. The molecule has 10 aromatic rings. The van der Waals surface area contributed by atoms with Crippen LogP contribution in [0.5, 0.6) is 0 Å². The first-order valence-corrected chi connectivity index (χ1v) is 16.2. The number of furan rings is 1. The Hall–Kier alpha value is -6.52. The topological polar surface area (TPSA) is 43.9 Å². The Kier molecular flexibility index (Phi) is 5.84. The smallest absolute Gasteiger partial charge is 0.160 e. The van der Waals surface area contributed by atoms with Crippen molar-refractivity contribution in [3.05, 3.63) is 164 Å². The van der Waals surface area contributed by atoms with Crippen LogP contribution in [-0.2, 0) is 0 Å². The average molecular weight is 614 g/mol. The summed E-state index contributed by atoms with van der Waals surface area (Å²) < 4.78 is 8.97. The van der Waals surface area contributed by atoms with Gasteiger partial charge in [-0.25, -0.2) is 9.97 Å². The minimum atomic E-state index is 0.689. The van der Waals surface area contributed by atoms with Crippen molar-refractivity contribution in [1.82, 2.24) is 14.5 Å². The van der Waals surface area contributed by atoms with Crippen LogP contribution in [0, 0.1) is 0 Å². The maximum atomic E-state index is 6.62. The highest BCUT2D eigenvalue weighted by Gasteiger charge is 2.20. The van der Waals surface area contributed by atoms with E-state index in [4.69, 9.17) is 14.4 Å². The van der Waals surface area contributed by atoms with Crippen molar-refractivity contribution in [2.24, 2.45) is 0 Å². The summed E-state index contributed by atoms with van der Waals surface area (Å²) in [6.45, 7) is 0. The molecule has 0 aliphatic heterocycles. The van der Waals surface area contributed by atoms with E-state index in [0.717, 1.165) is 72.1 Å². The summed E-state index contributed by atoms with van der Waals surface area (Å²) in [5, 5.41) is 7.01. The molecule has 3 heterocycles. The van der Waals surface area contributed by atoms with Gasteiger partial charge in [-0.1, -0.05) is 109 Å². The molecule has 0 aliphatic carbocycles. The minimum Gasteiger partial charge on any atom is -0.454 e. The second-order valence-corrected chi connectivity index (χ2v) is 12.2. The standard InChI is InChI=1S/C44H27N3O/c1-3-11-28(12-4-1)38-27-39(29-13-5-2-6-14-29)46-44(45-38)30-19-21-33(22-20-30)47-40-26-32-16-8-7-15-31(32)25-37(40)35-23-24-36-34-17-9-10-18-41(34)48-43(36)42(35)47/h1-27H. The van der Waals surface area contributed by atoms with E-state index in [1.165, 1.54) is 16.2 Å². The Morgan fingerprint density at radius 2 is 1.04 bits per heavy atom. The minimum absolute atomic E-state index is 0.689. The lowest BCUT2D eigenvalue weighted by molar-refractivity contribution is 0.671. The molecule has 48 heavy (non-hydrogen) atoms. The van der Waals surface area contributed by atoms with Crippen LogP contribution in [0.3, 0.4) is 0 Å². The van der Waals surface area contributed by atoms with Gasteiger partial charge in [-0.05, 0) is 65.4 Å². The largest absolute Gasteiger partial charge is 0.454 e. The summed E-state index contributed by atoms with van der Waals surface area (Å²) in [6.07, 6.45) is 0. The number of hydrogen-bond acceptors (Lipinski definition) is 3. The van der Waals surface area contributed by atoms with Gasteiger partial charge in [0, 0.05) is 43.9 Å². The Balaban J connectivity index is 1.20. The lowest BCUT2D eigenvalue weighted by Crippen LogP contribution is -1.97. The third kappa shape index (κ3) is 4.16. The van der Waals surface area contributed by atoms with E-state index in [-0.39, 0.29) is 0 Å². The number of para-hydroxylation sites is 1. The summed E-state index contributed by atoms with van der Waals surface area (Å²) in [5.74, 6) is 0.689. The normalized spacial score (nSPS) is 11.8. The Morgan fingerprint density at radius 3 is 1.75 bits per heavy atom. The molecule has 0 unspecified atom stereocenters. The van der Waals surface area contributed by atoms with Gasteiger partial charge < -0.3 is 8.98 Å². The molecule has 0 saturated heterocycles. The predicted octanol–water partition coefficient (Wildman–Crippen LogP) is 11.6. The molecule has 224 valence electrons. The van der Waals surface area contributed by atoms with Crippen LogP contribution in [0.15, 0.2) is 168 Å². The van der Waals surface area contributed by atoms with E-state index in [1.807, 2.05) is 48.5 Å². The van der Waals surface area contributed by atoms with Crippen molar-refractivity contribution in [3.63, 3.8) is 0 Å². The fourth-order valence-corrected chi connectivity index (χ4v) is 7.08. The molecule has 3 aromatic heterocycles. The van der Waals surface area contributed by atoms with Crippen LogP contribution in [0.1, 0.15) is 0 Å². The maximum absolute atomic E-state index is 6.62. The first-order valence-electron chi connectivity index (χ1n) is 16.2. The van der Waals surface area contributed by atoms with Crippen LogP contribution in [0.4, 0.5) is 0 Å². The molecule has 0 radical (unpaired) electrons. The Morgan fingerprint density at radius 1 is 0.438 bits per heavy atom. The van der Waals surface area contributed by atoms with Crippen LogP contribution < -0.4 is 0 Å². The molecular weight excluding hydrogens is 587 g/mol. The molecule has 0 spiro atoms. The molecule has 0 N–H and O–H groups in total. The second-order valence-electron chi connectivity index (χ2n) is 12.2. The van der Waals surface area contributed by atoms with Gasteiger partial charge in [0.1, 0.15) is 5.58 Å². The van der Waals surface area contributed by atoms with E-state index in [0.29, 0.717) is 5.82 Å². The number of benzene rings is 7. The number of nitrogens with zero attached hydrogens (tertiary/aromatic N) is 3. The summed E-state index contributed by atoms with van der Waals surface area (Å²) in [6, 6.07) is 57.2. The van der Waals surface area contributed by atoms with E-state index in [1.54, 1.807) is 0 Å². The Labute approximate surface area is 276 Å². The van der Waals surface area contributed by atoms with E-state index < -0.39 is 0 Å². The lowest BCUT2D eigenvalue weighted by Gasteiger charge is -2.11. The first kappa shape index (κ1) is 26.7. The third-order valence-corrected chi connectivity index (χ3v) is 9.39. The molecular formula is C44H27N3O. The molecule has 0 fully saturated rings. The fourth-order valence-electron chi connectivity index (χ4n) is 7.08. The zero-order valence-corrected chi connectivity index (χ0v) is 25.8. The summed E-state index contributed by atoms with van der Waals surface area (Å²) in [4.78, 5) is 10.1. The molecule has 4 heteroatoms. The molecule has 4 nitrogen and oxygen atoms in total. The molecule has 0 saturated carbocycles. The van der Waals surface area contributed by atoms with Crippen molar-refractivity contribution < 1.29 is 4.42 Å². The molecule has 0 atom stereocenters. The highest BCUT2D eigenvalue weighted by atomic mass is 16.3. The number of hydrogen-bond donors (Lipinski definition) is 0.